The van der Waals surface area contributed by atoms with Crippen molar-refractivity contribution in [2.45, 2.75) is 25.8 Å². The van der Waals surface area contributed by atoms with Crippen LogP contribution in [0.15, 0.2) is 12.3 Å². The summed E-state index contributed by atoms with van der Waals surface area (Å²) in [6.45, 7) is 5.24. The van der Waals surface area contributed by atoms with Gasteiger partial charge in [0.25, 0.3) is 0 Å². The Hall–Kier alpha value is -1.36. The number of rotatable bonds is 4. The molecule has 0 bridgehead atoms. The van der Waals surface area contributed by atoms with Crippen molar-refractivity contribution in [1.82, 2.24) is 14.7 Å². The normalized spacial score (nSPS) is 21.4. The first-order chi connectivity index (χ1) is 7.70. The lowest BCUT2D eigenvalue weighted by Gasteiger charge is -2.15. The summed E-state index contributed by atoms with van der Waals surface area (Å²) in [7, 11) is 0. The van der Waals surface area contributed by atoms with Gasteiger partial charge in [0.1, 0.15) is 0 Å². The lowest BCUT2D eigenvalue weighted by atomic mass is 10.2. The molecular weight excluding hydrogens is 206 g/mol. The minimum Gasteiger partial charge on any atom is -0.481 e. The molecule has 0 amide bonds. The molecule has 0 saturated carbocycles. The number of carbonyl (C=O) groups is 1. The summed E-state index contributed by atoms with van der Waals surface area (Å²) in [5.74, 6) is -0.799. The number of aromatic nitrogens is 2. The molecule has 1 saturated heterocycles. The number of likely N-dealkylation sites (N-methyl/N-ethyl adjacent to an activating group) is 1. The van der Waals surface area contributed by atoms with Gasteiger partial charge in [0.2, 0.25) is 0 Å². The second-order valence-corrected chi connectivity index (χ2v) is 4.17. The van der Waals surface area contributed by atoms with E-state index in [0.29, 0.717) is 6.04 Å². The highest BCUT2D eigenvalue weighted by Gasteiger charge is 2.24. The van der Waals surface area contributed by atoms with E-state index < -0.39 is 5.97 Å². The molecule has 5 nitrogen and oxygen atoms in total. The highest BCUT2D eigenvalue weighted by Crippen LogP contribution is 2.22. The maximum Gasteiger partial charge on any atom is 0.309 e. The quantitative estimate of drug-likeness (QED) is 0.819. The maximum atomic E-state index is 10.7. The number of hydrogen-bond donors (Lipinski definition) is 1. The molecule has 0 aromatic carbocycles. The maximum absolute atomic E-state index is 10.7. The van der Waals surface area contributed by atoms with Crippen LogP contribution in [-0.2, 0) is 11.2 Å². The first-order valence-corrected chi connectivity index (χ1v) is 5.67. The van der Waals surface area contributed by atoms with Gasteiger partial charge in [-0.25, -0.2) is 0 Å². The predicted octanol–water partition coefficient (Wildman–Crippen LogP) is 0.777. The van der Waals surface area contributed by atoms with Gasteiger partial charge in [-0.1, -0.05) is 6.92 Å². The Morgan fingerprint density at radius 2 is 2.50 bits per heavy atom. The van der Waals surface area contributed by atoms with Crippen LogP contribution in [0, 0.1) is 0 Å². The van der Waals surface area contributed by atoms with Gasteiger partial charge in [-0.3, -0.25) is 9.48 Å². The van der Waals surface area contributed by atoms with Gasteiger partial charge in [-0.2, -0.15) is 5.10 Å². The molecule has 1 aliphatic heterocycles. The number of aliphatic carboxylic acids is 1. The fourth-order valence-corrected chi connectivity index (χ4v) is 2.26. The molecule has 0 radical (unpaired) electrons. The third kappa shape index (κ3) is 2.24. The Labute approximate surface area is 94.7 Å². The van der Waals surface area contributed by atoms with E-state index >= 15 is 0 Å². The zero-order valence-electron chi connectivity index (χ0n) is 9.46. The fraction of sp³-hybridized carbons (Fsp3) is 0.636. The summed E-state index contributed by atoms with van der Waals surface area (Å²) in [6.07, 6.45) is 2.80. The average molecular weight is 223 g/mol. The highest BCUT2D eigenvalue weighted by molar-refractivity contribution is 5.69. The Balaban J connectivity index is 2.09. The number of carboxylic acids is 1. The fourth-order valence-electron chi connectivity index (χ4n) is 2.26. The van der Waals surface area contributed by atoms with Crippen molar-refractivity contribution in [2.24, 2.45) is 0 Å². The summed E-state index contributed by atoms with van der Waals surface area (Å²) in [5.41, 5.74) is 0.801. The lowest BCUT2D eigenvalue weighted by molar-refractivity contribution is -0.136. The van der Waals surface area contributed by atoms with E-state index in [0.717, 1.165) is 31.7 Å². The van der Waals surface area contributed by atoms with Crippen LogP contribution in [0.1, 0.15) is 25.1 Å². The Morgan fingerprint density at radius 3 is 3.12 bits per heavy atom. The first kappa shape index (κ1) is 11.1. The van der Waals surface area contributed by atoms with Crippen molar-refractivity contribution in [3.05, 3.63) is 18.0 Å². The molecule has 1 aliphatic rings. The van der Waals surface area contributed by atoms with Gasteiger partial charge in [0.15, 0.2) is 0 Å². The first-order valence-electron chi connectivity index (χ1n) is 5.67. The van der Waals surface area contributed by atoms with Crippen LogP contribution in [0.25, 0.3) is 0 Å². The number of carboxylic acid groups (broad SMARTS) is 1. The molecule has 88 valence electrons. The van der Waals surface area contributed by atoms with E-state index in [1.807, 2.05) is 4.68 Å². The predicted molar refractivity (Wildman–Crippen MR) is 59.3 cm³/mol. The molecule has 0 spiro atoms. The van der Waals surface area contributed by atoms with Gasteiger partial charge in [-0.05, 0) is 19.0 Å². The van der Waals surface area contributed by atoms with E-state index in [-0.39, 0.29) is 6.42 Å². The lowest BCUT2D eigenvalue weighted by Crippen LogP contribution is -2.22. The molecule has 2 rings (SSSR count). The summed E-state index contributed by atoms with van der Waals surface area (Å²) >= 11 is 0. The number of likely N-dealkylation sites (tertiary alicyclic amines) is 1. The van der Waals surface area contributed by atoms with Crippen molar-refractivity contribution < 1.29 is 9.90 Å². The summed E-state index contributed by atoms with van der Waals surface area (Å²) in [4.78, 5) is 13.1. The SMILES string of the molecule is CCN1CCC(n2nccc2CC(=O)O)C1. The molecular formula is C11H17N3O2. The van der Waals surface area contributed by atoms with Crippen molar-refractivity contribution in [3.63, 3.8) is 0 Å². The molecule has 1 unspecified atom stereocenters. The Bertz CT molecular complexity index is 375. The standard InChI is InChI=1S/C11H17N3O2/c1-2-13-6-4-10(8-13)14-9(3-5-12-14)7-11(15)16/h3,5,10H,2,4,6-8H2,1H3,(H,15,16). The van der Waals surface area contributed by atoms with E-state index in [4.69, 9.17) is 5.11 Å². The van der Waals surface area contributed by atoms with Gasteiger partial charge in [-0.15, -0.1) is 0 Å². The zero-order valence-corrected chi connectivity index (χ0v) is 9.46. The topological polar surface area (TPSA) is 58.4 Å². The molecule has 1 N–H and O–H groups in total. The van der Waals surface area contributed by atoms with Gasteiger partial charge in [0, 0.05) is 25.0 Å². The van der Waals surface area contributed by atoms with E-state index in [9.17, 15) is 4.79 Å². The molecule has 16 heavy (non-hydrogen) atoms. The average Bonchev–Trinajstić information content (AvgIpc) is 2.84. The highest BCUT2D eigenvalue weighted by atomic mass is 16.4. The number of nitrogens with zero attached hydrogens (tertiary/aromatic N) is 3. The second kappa shape index (κ2) is 4.65. The minimum absolute atomic E-state index is 0.0582. The van der Waals surface area contributed by atoms with E-state index in [2.05, 4.69) is 16.9 Å². The van der Waals surface area contributed by atoms with Crippen LogP contribution in [0.2, 0.25) is 0 Å². The van der Waals surface area contributed by atoms with Crippen molar-refractivity contribution in [3.8, 4) is 0 Å². The smallest absolute Gasteiger partial charge is 0.309 e. The Kier molecular flexibility index (Phi) is 3.24. The van der Waals surface area contributed by atoms with Crippen molar-refractivity contribution in [2.75, 3.05) is 19.6 Å². The molecule has 1 aromatic heterocycles. The van der Waals surface area contributed by atoms with Crippen LogP contribution in [0.5, 0.6) is 0 Å². The van der Waals surface area contributed by atoms with Crippen molar-refractivity contribution >= 4 is 5.97 Å². The second-order valence-electron chi connectivity index (χ2n) is 4.17. The Morgan fingerprint density at radius 1 is 1.69 bits per heavy atom. The van der Waals surface area contributed by atoms with E-state index in [1.165, 1.54) is 0 Å². The third-order valence-corrected chi connectivity index (χ3v) is 3.13. The van der Waals surface area contributed by atoms with Crippen LogP contribution in [-0.4, -0.2) is 45.4 Å². The van der Waals surface area contributed by atoms with Crippen LogP contribution < -0.4 is 0 Å². The van der Waals surface area contributed by atoms with Gasteiger partial charge >= 0.3 is 5.97 Å². The molecule has 1 aromatic rings. The molecule has 5 heteroatoms. The van der Waals surface area contributed by atoms with E-state index in [1.54, 1.807) is 12.3 Å². The molecule has 1 atom stereocenters. The molecule has 1 fully saturated rings. The van der Waals surface area contributed by atoms with Gasteiger partial charge < -0.3 is 10.0 Å². The summed E-state index contributed by atoms with van der Waals surface area (Å²) in [5, 5.41) is 13.0. The minimum atomic E-state index is -0.799. The third-order valence-electron chi connectivity index (χ3n) is 3.13. The monoisotopic (exact) mass is 223 g/mol. The molecule has 0 aliphatic carbocycles. The largest absolute Gasteiger partial charge is 0.481 e. The van der Waals surface area contributed by atoms with Crippen LogP contribution in [0.4, 0.5) is 0 Å². The number of hydrogen-bond acceptors (Lipinski definition) is 3. The van der Waals surface area contributed by atoms with Crippen molar-refractivity contribution in [1.29, 1.82) is 0 Å². The molecule has 2 heterocycles. The summed E-state index contributed by atoms with van der Waals surface area (Å²) < 4.78 is 1.88. The van der Waals surface area contributed by atoms with Gasteiger partial charge in [0.05, 0.1) is 12.5 Å². The van der Waals surface area contributed by atoms with Crippen LogP contribution in [0.3, 0.4) is 0 Å². The zero-order chi connectivity index (χ0) is 11.5. The van der Waals surface area contributed by atoms with Crippen LogP contribution >= 0.6 is 0 Å². The summed E-state index contributed by atoms with van der Waals surface area (Å²) in [6, 6.07) is 2.13.